The molecule has 0 aliphatic carbocycles. The maximum atomic E-state index is 4.16. The van der Waals surface area contributed by atoms with E-state index >= 15 is 0 Å². The molecule has 0 radical (unpaired) electrons. The van der Waals surface area contributed by atoms with E-state index in [1.54, 1.807) is 0 Å². The highest BCUT2D eigenvalue weighted by Gasteiger charge is 2.18. The fourth-order valence-electron chi connectivity index (χ4n) is 2.13. The Morgan fingerprint density at radius 1 is 1.35 bits per heavy atom. The summed E-state index contributed by atoms with van der Waals surface area (Å²) in [6.45, 7) is 9.71. The zero-order valence-electron chi connectivity index (χ0n) is 11.7. The topological polar surface area (TPSA) is 28.2 Å². The van der Waals surface area contributed by atoms with Crippen molar-refractivity contribution in [2.45, 2.75) is 27.3 Å². The molecule has 17 heavy (non-hydrogen) atoms. The molecule has 0 fully saturated rings. The van der Waals surface area contributed by atoms with Gasteiger partial charge in [0.15, 0.2) is 0 Å². The molecular weight excluding hydrogens is 210 g/mol. The largest absolute Gasteiger partial charge is 0.312 e. The van der Waals surface area contributed by atoms with Crippen molar-refractivity contribution in [1.29, 1.82) is 0 Å². The van der Waals surface area contributed by atoms with E-state index in [1.807, 2.05) is 12.4 Å². The molecule has 1 aromatic heterocycles. The van der Waals surface area contributed by atoms with Crippen molar-refractivity contribution in [2.24, 2.45) is 5.41 Å². The van der Waals surface area contributed by atoms with Crippen LogP contribution in [0.15, 0.2) is 18.5 Å². The van der Waals surface area contributed by atoms with Gasteiger partial charge in [0, 0.05) is 32.0 Å². The molecule has 0 amide bonds. The molecule has 0 aromatic carbocycles. The van der Waals surface area contributed by atoms with Crippen LogP contribution in [-0.4, -0.2) is 37.1 Å². The number of hydrogen-bond acceptors (Lipinski definition) is 3. The van der Waals surface area contributed by atoms with Crippen molar-refractivity contribution in [3.05, 3.63) is 29.6 Å². The summed E-state index contributed by atoms with van der Waals surface area (Å²) < 4.78 is 0. The van der Waals surface area contributed by atoms with Gasteiger partial charge in [-0.1, -0.05) is 13.8 Å². The smallest absolute Gasteiger partial charge is 0.0315 e. The summed E-state index contributed by atoms with van der Waals surface area (Å²) in [4.78, 5) is 6.39. The Kier molecular flexibility index (Phi) is 5.09. The second-order valence-electron chi connectivity index (χ2n) is 5.81. The van der Waals surface area contributed by atoms with Crippen molar-refractivity contribution in [2.75, 3.05) is 27.2 Å². The predicted octanol–water partition coefficient (Wildman–Crippen LogP) is 2.07. The van der Waals surface area contributed by atoms with Crippen molar-refractivity contribution in [3.63, 3.8) is 0 Å². The fraction of sp³-hybridized carbons (Fsp3) is 0.643. The van der Waals surface area contributed by atoms with Gasteiger partial charge in [0.05, 0.1) is 0 Å². The zero-order valence-corrected chi connectivity index (χ0v) is 11.7. The maximum Gasteiger partial charge on any atom is 0.0315 e. The van der Waals surface area contributed by atoms with E-state index in [-0.39, 0.29) is 0 Å². The first-order valence-electron chi connectivity index (χ1n) is 6.16. The molecule has 1 N–H and O–H groups in total. The first-order chi connectivity index (χ1) is 7.91. The fourth-order valence-corrected chi connectivity index (χ4v) is 2.13. The molecule has 0 aliphatic rings. The first kappa shape index (κ1) is 14.1. The molecule has 1 heterocycles. The third-order valence-corrected chi connectivity index (χ3v) is 2.81. The minimum Gasteiger partial charge on any atom is -0.312 e. The molecule has 96 valence electrons. The van der Waals surface area contributed by atoms with E-state index in [0.717, 1.165) is 19.6 Å². The van der Waals surface area contributed by atoms with Crippen LogP contribution in [0.5, 0.6) is 0 Å². The Labute approximate surface area is 105 Å². The standard InChI is InChI=1S/C14H25N3/c1-12-6-7-15-8-13(12)9-16-10-14(2,3)11-17(4)5/h6-8,16H,9-11H2,1-5H3. The van der Waals surface area contributed by atoms with E-state index < -0.39 is 0 Å². The number of nitrogens with one attached hydrogen (secondary N) is 1. The van der Waals surface area contributed by atoms with Crippen molar-refractivity contribution in [1.82, 2.24) is 15.2 Å². The van der Waals surface area contributed by atoms with Gasteiger partial charge in [0.25, 0.3) is 0 Å². The van der Waals surface area contributed by atoms with Crippen molar-refractivity contribution >= 4 is 0 Å². The van der Waals surface area contributed by atoms with Crippen LogP contribution in [-0.2, 0) is 6.54 Å². The monoisotopic (exact) mass is 235 g/mol. The minimum absolute atomic E-state index is 0.291. The summed E-state index contributed by atoms with van der Waals surface area (Å²) in [5, 5.41) is 3.52. The summed E-state index contributed by atoms with van der Waals surface area (Å²) in [6, 6.07) is 2.06. The van der Waals surface area contributed by atoms with Crippen LogP contribution in [0.1, 0.15) is 25.0 Å². The van der Waals surface area contributed by atoms with E-state index in [1.165, 1.54) is 11.1 Å². The summed E-state index contributed by atoms with van der Waals surface area (Å²) in [5.41, 5.74) is 2.88. The number of pyridine rings is 1. The molecular formula is C14H25N3. The normalized spacial score (nSPS) is 12.1. The van der Waals surface area contributed by atoms with Gasteiger partial charge >= 0.3 is 0 Å². The molecule has 1 aromatic rings. The summed E-state index contributed by atoms with van der Waals surface area (Å²) in [5.74, 6) is 0. The molecule has 0 unspecified atom stereocenters. The van der Waals surface area contributed by atoms with Crippen LogP contribution in [0.2, 0.25) is 0 Å². The number of aromatic nitrogens is 1. The zero-order chi connectivity index (χ0) is 12.9. The van der Waals surface area contributed by atoms with Gasteiger partial charge in [0.2, 0.25) is 0 Å². The van der Waals surface area contributed by atoms with Crippen LogP contribution in [0.3, 0.4) is 0 Å². The molecule has 0 aliphatic heterocycles. The van der Waals surface area contributed by atoms with Gasteiger partial charge in [-0.15, -0.1) is 0 Å². The van der Waals surface area contributed by atoms with Gasteiger partial charge in [-0.2, -0.15) is 0 Å². The second kappa shape index (κ2) is 6.12. The summed E-state index contributed by atoms with van der Waals surface area (Å²) in [6.07, 6.45) is 3.79. The van der Waals surface area contributed by atoms with Gasteiger partial charge < -0.3 is 10.2 Å². The quantitative estimate of drug-likeness (QED) is 0.818. The van der Waals surface area contributed by atoms with Crippen LogP contribution in [0, 0.1) is 12.3 Å². The lowest BCUT2D eigenvalue weighted by molar-refractivity contribution is 0.232. The number of nitrogens with zero attached hydrogens (tertiary/aromatic N) is 2. The molecule has 3 heteroatoms. The number of aryl methyl sites for hydroxylation is 1. The summed E-state index contributed by atoms with van der Waals surface area (Å²) in [7, 11) is 4.24. The second-order valence-corrected chi connectivity index (χ2v) is 5.81. The minimum atomic E-state index is 0.291. The van der Waals surface area contributed by atoms with E-state index in [2.05, 4.69) is 56.1 Å². The van der Waals surface area contributed by atoms with E-state index in [4.69, 9.17) is 0 Å². The first-order valence-corrected chi connectivity index (χ1v) is 6.16. The number of rotatable bonds is 6. The highest BCUT2D eigenvalue weighted by molar-refractivity contribution is 5.20. The molecule has 3 nitrogen and oxygen atoms in total. The summed E-state index contributed by atoms with van der Waals surface area (Å²) >= 11 is 0. The Morgan fingerprint density at radius 3 is 2.65 bits per heavy atom. The van der Waals surface area contributed by atoms with Crippen LogP contribution in [0.4, 0.5) is 0 Å². The van der Waals surface area contributed by atoms with Crippen molar-refractivity contribution in [3.8, 4) is 0 Å². The molecule has 0 saturated carbocycles. The Hall–Kier alpha value is -0.930. The third-order valence-electron chi connectivity index (χ3n) is 2.81. The van der Waals surface area contributed by atoms with E-state index in [9.17, 15) is 0 Å². The molecule has 0 bridgehead atoms. The Balaban J connectivity index is 2.40. The molecule has 1 rings (SSSR count). The van der Waals surface area contributed by atoms with Crippen molar-refractivity contribution < 1.29 is 0 Å². The predicted molar refractivity (Wildman–Crippen MR) is 73.0 cm³/mol. The number of hydrogen-bond donors (Lipinski definition) is 1. The van der Waals surface area contributed by atoms with Gasteiger partial charge in [-0.25, -0.2) is 0 Å². The Bertz CT molecular complexity index is 345. The van der Waals surface area contributed by atoms with Gasteiger partial charge in [0.1, 0.15) is 0 Å². The third kappa shape index (κ3) is 5.29. The van der Waals surface area contributed by atoms with Gasteiger partial charge in [-0.3, -0.25) is 4.98 Å². The molecule has 0 spiro atoms. The maximum absolute atomic E-state index is 4.16. The Morgan fingerprint density at radius 2 is 2.06 bits per heavy atom. The van der Waals surface area contributed by atoms with E-state index in [0.29, 0.717) is 5.41 Å². The highest BCUT2D eigenvalue weighted by Crippen LogP contribution is 2.14. The lowest BCUT2D eigenvalue weighted by atomic mass is 9.93. The average molecular weight is 235 g/mol. The SMILES string of the molecule is Cc1ccncc1CNCC(C)(C)CN(C)C. The molecule has 0 atom stereocenters. The van der Waals surface area contributed by atoms with Crippen LogP contribution < -0.4 is 5.32 Å². The van der Waals surface area contributed by atoms with Gasteiger partial charge in [-0.05, 0) is 43.6 Å². The average Bonchev–Trinajstić information content (AvgIpc) is 2.18. The lowest BCUT2D eigenvalue weighted by Gasteiger charge is -2.28. The van der Waals surface area contributed by atoms with Crippen LogP contribution in [0.25, 0.3) is 0 Å². The molecule has 0 saturated heterocycles. The lowest BCUT2D eigenvalue weighted by Crippen LogP contribution is -2.37. The van der Waals surface area contributed by atoms with Crippen LogP contribution >= 0.6 is 0 Å². The highest BCUT2D eigenvalue weighted by atomic mass is 15.1.